The van der Waals surface area contributed by atoms with Gasteiger partial charge in [0, 0.05) is 12.0 Å². The molecule has 0 amide bonds. The van der Waals surface area contributed by atoms with Gasteiger partial charge < -0.3 is 14.4 Å². The van der Waals surface area contributed by atoms with Gasteiger partial charge in [-0.05, 0) is 12.0 Å². The lowest BCUT2D eigenvalue weighted by atomic mass is 10.1. The summed E-state index contributed by atoms with van der Waals surface area (Å²) in [6, 6.07) is 7.02. The molecule has 1 heterocycles. The first-order chi connectivity index (χ1) is 10.0. The van der Waals surface area contributed by atoms with Crippen LogP contribution in [0.3, 0.4) is 0 Å². The molecule has 0 unspecified atom stereocenters. The van der Waals surface area contributed by atoms with Crippen LogP contribution in [0, 0.1) is 5.92 Å². The fourth-order valence-corrected chi connectivity index (χ4v) is 1.89. The molecule has 0 aliphatic carbocycles. The summed E-state index contributed by atoms with van der Waals surface area (Å²) in [5.74, 6) is 1.11. The van der Waals surface area contributed by atoms with Gasteiger partial charge in [0.1, 0.15) is 5.75 Å². The highest BCUT2D eigenvalue weighted by Gasteiger charge is 2.11. The van der Waals surface area contributed by atoms with E-state index in [9.17, 15) is 4.79 Å². The molecule has 0 atom stereocenters. The van der Waals surface area contributed by atoms with E-state index in [1.165, 1.54) is 0 Å². The van der Waals surface area contributed by atoms with Crippen molar-refractivity contribution in [2.45, 2.75) is 33.3 Å². The second-order valence-corrected chi connectivity index (χ2v) is 5.17. The van der Waals surface area contributed by atoms with Crippen molar-refractivity contribution in [1.82, 2.24) is 10.1 Å². The van der Waals surface area contributed by atoms with Gasteiger partial charge in [0.15, 0.2) is 12.4 Å². The van der Waals surface area contributed by atoms with Crippen molar-refractivity contribution in [3.63, 3.8) is 0 Å². The molecule has 6 nitrogen and oxygen atoms in total. The van der Waals surface area contributed by atoms with Gasteiger partial charge in [-0.15, -0.1) is 0 Å². The standard InChI is InChI=1S/C15H18N2O4/c1-10(2)7-13-16-14(21-17-13)9-20-12-6-4-3-5-11(12)8-15(18)19/h3-6,10H,7-9H2,1-2H3,(H,18,19). The number of rotatable bonds is 7. The predicted molar refractivity (Wildman–Crippen MR) is 75.0 cm³/mol. The number of nitrogens with zero attached hydrogens (tertiary/aromatic N) is 2. The molecule has 0 aliphatic heterocycles. The third-order valence-electron chi connectivity index (χ3n) is 2.77. The summed E-state index contributed by atoms with van der Waals surface area (Å²) in [6.45, 7) is 4.28. The minimum Gasteiger partial charge on any atom is -0.483 e. The summed E-state index contributed by atoms with van der Waals surface area (Å²) in [5.41, 5.74) is 0.618. The molecule has 2 aromatic rings. The van der Waals surface area contributed by atoms with E-state index >= 15 is 0 Å². The molecular weight excluding hydrogens is 272 g/mol. The van der Waals surface area contributed by atoms with E-state index in [0.29, 0.717) is 28.9 Å². The Morgan fingerprint density at radius 2 is 2.14 bits per heavy atom. The molecule has 112 valence electrons. The van der Waals surface area contributed by atoms with Gasteiger partial charge in [0.25, 0.3) is 5.89 Å². The Morgan fingerprint density at radius 1 is 1.38 bits per heavy atom. The third kappa shape index (κ3) is 4.59. The number of aromatic nitrogens is 2. The molecule has 21 heavy (non-hydrogen) atoms. The van der Waals surface area contributed by atoms with Crippen LogP contribution in [0.2, 0.25) is 0 Å². The van der Waals surface area contributed by atoms with Crippen molar-refractivity contribution in [3.8, 4) is 5.75 Å². The molecule has 1 aromatic carbocycles. The fourth-order valence-electron chi connectivity index (χ4n) is 1.89. The summed E-state index contributed by atoms with van der Waals surface area (Å²) in [4.78, 5) is 15.0. The van der Waals surface area contributed by atoms with Gasteiger partial charge in [-0.25, -0.2) is 0 Å². The van der Waals surface area contributed by atoms with Crippen LogP contribution in [0.5, 0.6) is 5.75 Å². The summed E-state index contributed by atoms with van der Waals surface area (Å²) < 4.78 is 10.7. The molecule has 1 aromatic heterocycles. The smallest absolute Gasteiger partial charge is 0.307 e. The number of carbonyl (C=O) groups is 1. The summed E-state index contributed by atoms with van der Waals surface area (Å²) in [7, 11) is 0. The average Bonchev–Trinajstić information content (AvgIpc) is 2.84. The lowest BCUT2D eigenvalue weighted by Crippen LogP contribution is -2.04. The number of ether oxygens (including phenoxy) is 1. The Hall–Kier alpha value is -2.37. The Morgan fingerprint density at radius 3 is 2.86 bits per heavy atom. The molecular formula is C15H18N2O4. The van der Waals surface area contributed by atoms with Crippen LogP contribution in [0.1, 0.15) is 31.1 Å². The van der Waals surface area contributed by atoms with E-state index in [1.54, 1.807) is 24.3 Å². The number of aliphatic carboxylic acids is 1. The maximum atomic E-state index is 10.8. The zero-order chi connectivity index (χ0) is 15.2. The van der Waals surface area contributed by atoms with Crippen LogP contribution < -0.4 is 4.74 Å². The molecule has 0 saturated carbocycles. The van der Waals surface area contributed by atoms with Crippen molar-refractivity contribution in [2.75, 3.05) is 0 Å². The Labute approximate surface area is 122 Å². The average molecular weight is 290 g/mol. The first-order valence-electron chi connectivity index (χ1n) is 6.78. The molecule has 2 rings (SSSR count). The van der Waals surface area contributed by atoms with E-state index in [-0.39, 0.29) is 13.0 Å². The van der Waals surface area contributed by atoms with E-state index in [2.05, 4.69) is 24.0 Å². The lowest BCUT2D eigenvalue weighted by molar-refractivity contribution is -0.136. The molecule has 0 saturated heterocycles. The van der Waals surface area contributed by atoms with E-state index in [4.69, 9.17) is 14.4 Å². The van der Waals surface area contributed by atoms with Crippen molar-refractivity contribution in [2.24, 2.45) is 5.92 Å². The molecule has 0 spiro atoms. The Kier molecular flexibility index (Phi) is 4.92. The van der Waals surface area contributed by atoms with E-state index in [1.807, 2.05) is 0 Å². The molecule has 0 bridgehead atoms. The minimum absolute atomic E-state index is 0.0847. The van der Waals surface area contributed by atoms with Crippen LogP contribution in [-0.4, -0.2) is 21.2 Å². The number of benzene rings is 1. The van der Waals surface area contributed by atoms with Crippen molar-refractivity contribution in [1.29, 1.82) is 0 Å². The first-order valence-corrected chi connectivity index (χ1v) is 6.78. The van der Waals surface area contributed by atoms with Crippen molar-refractivity contribution in [3.05, 3.63) is 41.5 Å². The Bertz CT molecular complexity index is 607. The number of para-hydroxylation sites is 1. The number of carboxylic acid groups (broad SMARTS) is 1. The van der Waals surface area contributed by atoms with Gasteiger partial charge in [-0.1, -0.05) is 37.2 Å². The molecule has 0 radical (unpaired) electrons. The first kappa shape index (κ1) is 15.0. The summed E-state index contributed by atoms with van der Waals surface area (Å²) in [6.07, 6.45) is 0.664. The number of hydrogen-bond donors (Lipinski definition) is 1. The Balaban J connectivity index is 1.99. The highest BCUT2D eigenvalue weighted by Crippen LogP contribution is 2.19. The minimum atomic E-state index is -0.900. The van der Waals surface area contributed by atoms with Gasteiger partial charge in [0.2, 0.25) is 0 Å². The third-order valence-corrected chi connectivity index (χ3v) is 2.77. The zero-order valence-electron chi connectivity index (χ0n) is 12.1. The van der Waals surface area contributed by atoms with Crippen LogP contribution in [-0.2, 0) is 24.2 Å². The maximum Gasteiger partial charge on any atom is 0.307 e. The van der Waals surface area contributed by atoms with Gasteiger partial charge >= 0.3 is 5.97 Å². The van der Waals surface area contributed by atoms with Gasteiger partial charge in [-0.2, -0.15) is 4.98 Å². The van der Waals surface area contributed by atoms with E-state index in [0.717, 1.165) is 6.42 Å². The highest BCUT2D eigenvalue weighted by atomic mass is 16.5. The normalized spacial score (nSPS) is 10.8. The topological polar surface area (TPSA) is 85.5 Å². The molecule has 1 N–H and O–H groups in total. The quantitative estimate of drug-likeness (QED) is 0.843. The highest BCUT2D eigenvalue weighted by molar-refractivity contribution is 5.71. The largest absolute Gasteiger partial charge is 0.483 e. The maximum absolute atomic E-state index is 10.8. The molecule has 0 fully saturated rings. The predicted octanol–water partition coefficient (Wildman–Crippen LogP) is 2.47. The number of carboxylic acids is 1. The zero-order valence-corrected chi connectivity index (χ0v) is 12.1. The van der Waals surface area contributed by atoms with Crippen LogP contribution in [0.4, 0.5) is 0 Å². The van der Waals surface area contributed by atoms with Crippen molar-refractivity contribution < 1.29 is 19.2 Å². The molecule has 6 heteroatoms. The second kappa shape index (κ2) is 6.88. The van der Waals surface area contributed by atoms with Crippen LogP contribution in [0.25, 0.3) is 0 Å². The van der Waals surface area contributed by atoms with Gasteiger partial charge in [-0.3, -0.25) is 4.79 Å². The second-order valence-electron chi connectivity index (χ2n) is 5.17. The number of hydrogen-bond acceptors (Lipinski definition) is 5. The van der Waals surface area contributed by atoms with Crippen LogP contribution in [0.15, 0.2) is 28.8 Å². The van der Waals surface area contributed by atoms with Crippen LogP contribution >= 0.6 is 0 Å². The SMILES string of the molecule is CC(C)Cc1noc(COc2ccccc2CC(=O)O)n1. The molecule has 0 aliphatic rings. The fraction of sp³-hybridized carbons (Fsp3) is 0.400. The monoisotopic (exact) mass is 290 g/mol. The van der Waals surface area contributed by atoms with E-state index < -0.39 is 5.97 Å². The summed E-state index contributed by atoms with van der Waals surface area (Å²) >= 11 is 0. The van der Waals surface area contributed by atoms with Crippen molar-refractivity contribution >= 4 is 5.97 Å². The van der Waals surface area contributed by atoms with Gasteiger partial charge in [0.05, 0.1) is 6.42 Å². The lowest BCUT2D eigenvalue weighted by Gasteiger charge is -2.07. The summed E-state index contributed by atoms with van der Waals surface area (Å²) in [5, 5.41) is 12.7.